The molecule has 3 aromatic carbocycles. The summed E-state index contributed by atoms with van der Waals surface area (Å²) in [7, 11) is -3.45. The van der Waals surface area contributed by atoms with E-state index in [4.69, 9.17) is 0 Å². The van der Waals surface area contributed by atoms with Crippen LogP contribution in [-0.2, 0) is 9.84 Å². The smallest absolute Gasteiger partial charge is 0.206 e. The van der Waals surface area contributed by atoms with Gasteiger partial charge in [-0.1, -0.05) is 48.0 Å². The van der Waals surface area contributed by atoms with Crippen molar-refractivity contribution in [1.82, 2.24) is 0 Å². The van der Waals surface area contributed by atoms with Crippen molar-refractivity contribution in [3.05, 3.63) is 72.3 Å². The predicted molar refractivity (Wildman–Crippen MR) is 80.6 cm³/mol. The average molecular weight is 282 g/mol. The van der Waals surface area contributed by atoms with Crippen LogP contribution in [0.15, 0.2) is 76.5 Å². The minimum Gasteiger partial charge on any atom is -0.219 e. The van der Waals surface area contributed by atoms with Crippen LogP contribution < -0.4 is 0 Å². The topological polar surface area (TPSA) is 34.1 Å². The fraction of sp³-hybridized carbons (Fsp3) is 0.0588. The lowest BCUT2D eigenvalue weighted by Crippen LogP contribution is -2.01. The molecular weight excluding hydrogens is 268 g/mol. The van der Waals surface area contributed by atoms with Crippen molar-refractivity contribution in [3.8, 4) is 0 Å². The Labute approximate surface area is 118 Å². The summed E-state index contributed by atoms with van der Waals surface area (Å²) < 4.78 is 25.2. The van der Waals surface area contributed by atoms with Gasteiger partial charge >= 0.3 is 0 Å². The minimum atomic E-state index is -3.45. The molecule has 0 saturated carbocycles. The molecule has 0 spiro atoms. The number of aryl methyl sites for hydroxylation is 1. The highest BCUT2D eigenvalue weighted by atomic mass is 32.2. The van der Waals surface area contributed by atoms with E-state index in [1.54, 1.807) is 24.3 Å². The Morgan fingerprint density at radius 2 is 1.30 bits per heavy atom. The summed E-state index contributed by atoms with van der Waals surface area (Å²) in [5.74, 6) is 0. The van der Waals surface area contributed by atoms with Crippen LogP contribution in [0.1, 0.15) is 5.56 Å². The number of fused-ring (bicyclic) bond motifs is 1. The van der Waals surface area contributed by atoms with Gasteiger partial charge in [0.2, 0.25) is 9.84 Å². The van der Waals surface area contributed by atoms with Gasteiger partial charge in [0.25, 0.3) is 0 Å². The van der Waals surface area contributed by atoms with Gasteiger partial charge in [0, 0.05) is 0 Å². The molecule has 0 aromatic heterocycles. The molecule has 0 unspecified atom stereocenters. The SMILES string of the molecule is Cc1ccc(S(=O)(=O)c2ccc3ccccc3c2)cc1. The zero-order valence-corrected chi connectivity index (χ0v) is 11.9. The van der Waals surface area contributed by atoms with E-state index in [-0.39, 0.29) is 0 Å². The zero-order valence-electron chi connectivity index (χ0n) is 11.1. The Kier molecular flexibility index (Phi) is 3.07. The van der Waals surface area contributed by atoms with Crippen LogP contribution in [0.2, 0.25) is 0 Å². The van der Waals surface area contributed by atoms with E-state index >= 15 is 0 Å². The lowest BCUT2D eigenvalue weighted by atomic mass is 10.1. The van der Waals surface area contributed by atoms with Crippen LogP contribution in [0.25, 0.3) is 10.8 Å². The average Bonchev–Trinajstić information content (AvgIpc) is 2.47. The van der Waals surface area contributed by atoms with E-state index in [2.05, 4.69) is 0 Å². The lowest BCUT2D eigenvalue weighted by molar-refractivity contribution is 0.596. The van der Waals surface area contributed by atoms with Crippen molar-refractivity contribution >= 4 is 20.6 Å². The van der Waals surface area contributed by atoms with Crippen molar-refractivity contribution in [2.75, 3.05) is 0 Å². The number of benzene rings is 3. The van der Waals surface area contributed by atoms with Gasteiger partial charge in [-0.05, 0) is 42.0 Å². The maximum absolute atomic E-state index is 12.6. The van der Waals surface area contributed by atoms with E-state index < -0.39 is 9.84 Å². The molecule has 20 heavy (non-hydrogen) atoms. The molecule has 0 fully saturated rings. The highest BCUT2D eigenvalue weighted by Gasteiger charge is 2.17. The fourth-order valence-electron chi connectivity index (χ4n) is 2.19. The second-order valence-corrected chi connectivity index (χ2v) is 6.78. The Hall–Kier alpha value is -2.13. The molecule has 3 heteroatoms. The van der Waals surface area contributed by atoms with Crippen molar-refractivity contribution in [2.24, 2.45) is 0 Å². The molecule has 0 radical (unpaired) electrons. The quantitative estimate of drug-likeness (QED) is 0.712. The molecule has 0 saturated heterocycles. The predicted octanol–water partition coefficient (Wildman–Crippen LogP) is 3.98. The minimum absolute atomic E-state index is 0.332. The zero-order chi connectivity index (χ0) is 14.2. The van der Waals surface area contributed by atoms with Gasteiger partial charge in [0.15, 0.2) is 0 Å². The number of rotatable bonds is 2. The van der Waals surface area contributed by atoms with E-state index in [0.29, 0.717) is 9.79 Å². The van der Waals surface area contributed by atoms with Crippen molar-refractivity contribution < 1.29 is 8.42 Å². The first-order valence-electron chi connectivity index (χ1n) is 6.38. The number of sulfone groups is 1. The van der Waals surface area contributed by atoms with Gasteiger partial charge in [-0.15, -0.1) is 0 Å². The van der Waals surface area contributed by atoms with Crippen LogP contribution >= 0.6 is 0 Å². The van der Waals surface area contributed by atoms with E-state index in [0.717, 1.165) is 16.3 Å². The summed E-state index contributed by atoms with van der Waals surface area (Å²) in [5, 5.41) is 1.97. The first-order chi connectivity index (χ1) is 9.57. The van der Waals surface area contributed by atoms with Crippen molar-refractivity contribution in [1.29, 1.82) is 0 Å². The Morgan fingerprint density at radius 3 is 2.00 bits per heavy atom. The molecule has 0 aliphatic rings. The first kappa shape index (κ1) is 12.9. The molecule has 100 valence electrons. The van der Waals surface area contributed by atoms with E-state index in [1.807, 2.05) is 49.4 Å². The van der Waals surface area contributed by atoms with Crippen molar-refractivity contribution in [2.45, 2.75) is 16.7 Å². The van der Waals surface area contributed by atoms with Crippen LogP contribution in [0.4, 0.5) is 0 Å². The molecule has 2 nitrogen and oxygen atoms in total. The molecule has 0 aliphatic carbocycles. The van der Waals surface area contributed by atoms with Gasteiger partial charge in [0.1, 0.15) is 0 Å². The number of hydrogen-bond acceptors (Lipinski definition) is 2. The van der Waals surface area contributed by atoms with Gasteiger partial charge < -0.3 is 0 Å². The second kappa shape index (κ2) is 4.76. The largest absolute Gasteiger partial charge is 0.219 e. The molecule has 0 bridgehead atoms. The third kappa shape index (κ3) is 2.21. The summed E-state index contributed by atoms with van der Waals surface area (Å²) in [6.45, 7) is 1.94. The monoisotopic (exact) mass is 282 g/mol. The summed E-state index contributed by atoms with van der Waals surface area (Å²) in [4.78, 5) is 0.665. The molecule has 0 N–H and O–H groups in total. The van der Waals surface area contributed by atoms with Gasteiger partial charge in [0.05, 0.1) is 9.79 Å². The Balaban J connectivity index is 2.15. The standard InChI is InChI=1S/C17H14O2S/c1-13-6-9-16(10-7-13)20(18,19)17-11-8-14-4-2-3-5-15(14)12-17/h2-12H,1H3. The highest BCUT2D eigenvalue weighted by molar-refractivity contribution is 7.91. The summed E-state index contributed by atoms with van der Waals surface area (Å²) in [5.41, 5.74) is 1.04. The molecular formula is C17H14O2S. The molecule has 0 heterocycles. The van der Waals surface area contributed by atoms with E-state index in [9.17, 15) is 8.42 Å². The molecule has 0 aliphatic heterocycles. The Bertz CT molecular complexity index is 863. The highest BCUT2D eigenvalue weighted by Crippen LogP contribution is 2.24. The lowest BCUT2D eigenvalue weighted by Gasteiger charge is -2.06. The van der Waals surface area contributed by atoms with Crippen LogP contribution in [0.5, 0.6) is 0 Å². The normalized spacial score (nSPS) is 11.7. The molecule has 0 amide bonds. The summed E-state index contributed by atoms with van der Waals surface area (Å²) >= 11 is 0. The summed E-state index contributed by atoms with van der Waals surface area (Å²) in [6, 6.07) is 19.9. The maximum Gasteiger partial charge on any atom is 0.206 e. The van der Waals surface area contributed by atoms with Crippen LogP contribution in [-0.4, -0.2) is 8.42 Å². The third-order valence-corrected chi connectivity index (χ3v) is 5.13. The molecule has 3 aromatic rings. The van der Waals surface area contributed by atoms with Gasteiger partial charge in [-0.2, -0.15) is 0 Å². The third-order valence-electron chi connectivity index (χ3n) is 3.36. The van der Waals surface area contributed by atoms with Crippen molar-refractivity contribution in [3.63, 3.8) is 0 Å². The maximum atomic E-state index is 12.6. The summed E-state index contributed by atoms with van der Waals surface area (Å²) in [6.07, 6.45) is 0. The van der Waals surface area contributed by atoms with Gasteiger partial charge in [-0.25, -0.2) is 8.42 Å². The van der Waals surface area contributed by atoms with E-state index in [1.165, 1.54) is 0 Å². The molecule has 0 atom stereocenters. The fourth-order valence-corrected chi connectivity index (χ4v) is 3.48. The van der Waals surface area contributed by atoms with Gasteiger partial charge in [-0.3, -0.25) is 0 Å². The first-order valence-corrected chi connectivity index (χ1v) is 7.86. The molecule has 3 rings (SSSR count). The second-order valence-electron chi connectivity index (χ2n) is 4.83. The number of hydrogen-bond donors (Lipinski definition) is 0. The Morgan fingerprint density at radius 1 is 0.700 bits per heavy atom. The van der Waals surface area contributed by atoms with Crippen LogP contribution in [0.3, 0.4) is 0 Å². The van der Waals surface area contributed by atoms with Crippen LogP contribution in [0, 0.1) is 6.92 Å².